The van der Waals surface area contributed by atoms with E-state index in [0.717, 1.165) is 38.8 Å². The molecule has 1 aliphatic heterocycles. The van der Waals surface area contributed by atoms with Crippen LogP contribution in [0, 0.1) is 0 Å². The fourth-order valence-electron chi connectivity index (χ4n) is 3.38. The molecule has 0 aliphatic carbocycles. The number of aliphatic carboxylic acids is 1. The van der Waals surface area contributed by atoms with E-state index >= 15 is 0 Å². The summed E-state index contributed by atoms with van der Waals surface area (Å²) in [6, 6.07) is -0.647. The number of hydrogen-bond donors (Lipinski definition) is 3. The molecule has 1 fully saturated rings. The number of rotatable bonds is 16. The molecule has 26 heavy (non-hydrogen) atoms. The van der Waals surface area contributed by atoms with E-state index in [-0.39, 0.29) is 12.3 Å². The summed E-state index contributed by atoms with van der Waals surface area (Å²) < 4.78 is 0. The molecular weight excluding hydrogens is 330 g/mol. The van der Waals surface area contributed by atoms with Crippen molar-refractivity contribution in [3.8, 4) is 0 Å². The van der Waals surface area contributed by atoms with Crippen molar-refractivity contribution in [2.75, 3.05) is 19.6 Å². The summed E-state index contributed by atoms with van der Waals surface area (Å²) in [6.45, 7) is 4.64. The Morgan fingerprint density at radius 3 is 2.00 bits per heavy atom. The van der Waals surface area contributed by atoms with Crippen molar-refractivity contribution in [2.24, 2.45) is 0 Å². The number of carboxylic acid groups (broad SMARTS) is 1. The maximum Gasteiger partial charge on any atom is 0.305 e. The molecule has 0 aromatic carbocycles. The average Bonchev–Trinajstić information content (AvgIpc) is 3.11. The molecule has 1 rings (SSSR count). The Morgan fingerprint density at radius 1 is 0.923 bits per heavy atom. The third kappa shape index (κ3) is 11.5. The van der Waals surface area contributed by atoms with Crippen LogP contribution in [0.25, 0.3) is 0 Å². The minimum absolute atomic E-state index is 0.169. The molecule has 1 aliphatic rings. The monoisotopic (exact) mass is 369 g/mol. The maximum atomic E-state index is 12.3. The van der Waals surface area contributed by atoms with Crippen LogP contribution in [-0.4, -0.2) is 47.7 Å². The normalized spacial score (nSPS) is 15.9. The minimum Gasteiger partial charge on any atom is -0.481 e. The standard InChI is InChI=1S/C20H39N3O3/c1-2-3-4-5-6-7-8-9-10-11-14-21-18(17-19(24)25)20(26)22-23-15-12-13-16-23/h18,21H,2-17H2,1H3,(H,22,26)(H,24,25). The second-order valence-corrected chi connectivity index (χ2v) is 7.46. The molecule has 6 nitrogen and oxygen atoms in total. The van der Waals surface area contributed by atoms with Crippen molar-refractivity contribution >= 4 is 11.9 Å². The van der Waals surface area contributed by atoms with Crippen molar-refractivity contribution in [3.63, 3.8) is 0 Å². The van der Waals surface area contributed by atoms with E-state index < -0.39 is 12.0 Å². The van der Waals surface area contributed by atoms with Gasteiger partial charge in [0.25, 0.3) is 5.91 Å². The van der Waals surface area contributed by atoms with Gasteiger partial charge in [-0.15, -0.1) is 0 Å². The third-order valence-electron chi connectivity index (χ3n) is 4.99. The predicted molar refractivity (Wildman–Crippen MR) is 105 cm³/mol. The number of hydrogen-bond acceptors (Lipinski definition) is 4. The second-order valence-electron chi connectivity index (χ2n) is 7.46. The van der Waals surface area contributed by atoms with Crippen molar-refractivity contribution in [2.45, 2.75) is 96.4 Å². The summed E-state index contributed by atoms with van der Waals surface area (Å²) >= 11 is 0. The van der Waals surface area contributed by atoms with Gasteiger partial charge in [-0.05, 0) is 25.8 Å². The van der Waals surface area contributed by atoms with Gasteiger partial charge in [0.05, 0.1) is 12.5 Å². The molecular formula is C20H39N3O3. The molecule has 1 atom stereocenters. The molecule has 0 bridgehead atoms. The molecule has 0 aromatic heterocycles. The van der Waals surface area contributed by atoms with Crippen molar-refractivity contribution in [1.82, 2.24) is 15.8 Å². The first-order chi connectivity index (χ1) is 12.6. The Bertz CT molecular complexity index is 384. The van der Waals surface area contributed by atoms with Gasteiger partial charge in [0, 0.05) is 13.1 Å². The molecule has 1 unspecified atom stereocenters. The van der Waals surface area contributed by atoms with Gasteiger partial charge in [-0.2, -0.15) is 0 Å². The fraction of sp³-hybridized carbons (Fsp3) is 0.900. The number of nitrogens with one attached hydrogen (secondary N) is 2. The van der Waals surface area contributed by atoms with Crippen LogP contribution in [0.4, 0.5) is 0 Å². The summed E-state index contributed by atoms with van der Waals surface area (Å²) in [6.07, 6.45) is 14.6. The van der Waals surface area contributed by atoms with Crippen molar-refractivity contribution in [1.29, 1.82) is 0 Å². The maximum absolute atomic E-state index is 12.3. The van der Waals surface area contributed by atoms with E-state index in [9.17, 15) is 9.59 Å². The molecule has 1 saturated heterocycles. The Morgan fingerprint density at radius 2 is 1.46 bits per heavy atom. The lowest BCUT2D eigenvalue weighted by atomic mass is 10.1. The minimum atomic E-state index is -0.942. The summed E-state index contributed by atoms with van der Waals surface area (Å²) in [5.74, 6) is -1.16. The Hall–Kier alpha value is -1.14. The zero-order valence-corrected chi connectivity index (χ0v) is 16.6. The number of unbranched alkanes of at least 4 members (excludes halogenated alkanes) is 9. The number of carboxylic acids is 1. The number of carbonyl (C=O) groups is 2. The topological polar surface area (TPSA) is 81.7 Å². The van der Waals surface area contributed by atoms with Crippen LogP contribution in [0.2, 0.25) is 0 Å². The lowest BCUT2D eigenvalue weighted by Gasteiger charge is -2.21. The van der Waals surface area contributed by atoms with Gasteiger partial charge in [-0.25, -0.2) is 5.01 Å². The summed E-state index contributed by atoms with van der Waals surface area (Å²) in [5, 5.41) is 14.1. The number of nitrogens with zero attached hydrogens (tertiary/aromatic N) is 1. The third-order valence-corrected chi connectivity index (χ3v) is 4.99. The van der Waals surface area contributed by atoms with Crippen LogP contribution >= 0.6 is 0 Å². The van der Waals surface area contributed by atoms with E-state index in [0.29, 0.717) is 6.54 Å². The van der Waals surface area contributed by atoms with Crippen LogP contribution in [0.15, 0.2) is 0 Å². The summed E-state index contributed by atoms with van der Waals surface area (Å²) in [5.41, 5.74) is 2.84. The van der Waals surface area contributed by atoms with E-state index in [4.69, 9.17) is 5.11 Å². The molecule has 1 heterocycles. The molecule has 152 valence electrons. The SMILES string of the molecule is CCCCCCCCCCCCNC(CC(=O)O)C(=O)NN1CCCC1. The van der Waals surface area contributed by atoms with Gasteiger partial charge in [0.1, 0.15) is 0 Å². The Kier molecular flexibility index (Phi) is 13.2. The lowest BCUT2D eigenvalue weighted by Crippen LogP contribution is -2.51. The predicted octanol–water partition coefficient (Wildman–Crippen LogP) is 3.47. The summed E-state index contributed by atoms with van der Waals surface area (Å²) in [7, 11) is 0. The molecule has 6 heteroatoms. The first-order valence-corrected chi connectivity index (χ1v) is 10.6. The van der Waals surface area contributed by atoms with Crippen molar-refractivity contribution in [3.05, 3.63) is 0 Å². The second kappa shape index (κ2) is 15.0. The molecule has 1 amide bonds. The van der Waals surface area contributed by atoms with Gasteiger partial charge in [-0.1, -0.05) is 64.7 Å². The van der Waals surface area contributed by atoms with Crippen LogP contribution < -0.4 is 10.7 Å². The zero-order chi connectivity index (χ0) is 19.0. The van der Waals surface area contributed by atoms with Crippen LogP contribution in [0.1, 0.15) is 90.4 Å². The van der Waals surface area contributed by atoms with E-state index in [1.54, 1.807) is 0 Å². The van der Waals surface area contributed by atoms with E-state index in [1.165, 1.54) is 51.4 Å². The first kappa shape index (κ1) is 22.9. The number of hydrazine groups is 1. The Balaban J connectivity index is 2.08. The number of carbonyl (C=O) groups excluding carboxylic acids is 1. The van der Waals surface area contributed by atoms with E-state index in [1.807, 2.05) is 5.01 Å². The van der Waals surface area contributed by atoms with Gasteiger partial charge >= 0.3 is 5.97 Å². The molecule has 0 aromatic rings. The summed E-state index contributed by atoms with van der Waals surface area (Å²) in [4.78, 5) is 23.3. The zero-order valence-electron chi connectivity index (χ0n) is 16.6. The Labute approximate surface area is 159 Å². The number of amides is 1. The largest absolute Gasteiger partial charge is 0.481 e. The molecule has 0 radical (unpaired) electrons. The molecule has 0 saturated carbocycles. The highest BCUT2D eigenvalue weighted by Crippen LogP contribution is 2.10. The highest BCUT2D eigenvalue weighted by molar-refractivity contribution is 5.85. The first-order valence-electron chi connectivity index (χ1n) is 10.6. The van der Waals surface area contributed by atoms with E-state index in [2.05, 4.69) is 17.7 Å². The van der Waals surface area contributed by atoms with Crippen molar-refractivity contribution < 1.29 is 14.7 Å². The van der Waals surface area contributed by atoms with Gasteiger partial charge in [-0.3, -0.25) is 15.0 Å². The van der Waals surface area contributed by atoms with Gasteiger partial charge < -0.3 is 10.4 Å². The van der Waals surface area contributed by atoms with Gasteiger partial charge in [0.2, 0.25) is 0 Å². The van der Waals surface area contributed by atoms with Crippen LogP contribution in [-0.2, 0) is 9.59 Å². The molecule has 0 spiro atoms. The van der Waals surface area contributed by atoms with Crippen LogP contribution in [0.3, 0.4) is 0 Å². The van der Waals surface area contributed by atoms with Crippen LogP contribution in [0.5, 0.6) is 0 Å². The average molecular weight is 370 g/mol. The molecule has 3 N–H and O–H groups in total. The lowest BCUT2D eigenvalue weighted by molar-refractivity contribution is -0.140. The highest BCUT2D eigenvalue weighted by atomic mass is 16.4. The highest BCUT2D eigenvalue weighted by Gasteiger charge is 2.23. The fourth-order valence-corrected chi connectivity index (χ4v) is 3.38. The smallest absolute Gasteiger partial charge is 0.305 e. The van der Waals surface area contributed by atoms with Gasteiger partial charge in [0.15, 0.2) is 0 Å². The quantitative estimate of drug-likeness (QED) is 0.363.